The maximum atomic E-state index is 13.0. The van der Waals surface area contributed by atoms with Crippen molar-refractivity contribution in [3.05, 3.63) is 35.6 Å². The summed E-state index contributed by atoms with van der Waals surface area (Å²) >= 11 is 0. The van der Waals surface area contributed by atoms with Crippen LogP contribution in [-0.2, 0) is 4.79 Å². The number of rotatable bonds is 2. The minimum absolute atomic E-state index is 0.266. The molecule has 0 spiro atoms. The van der Waals surface area contributed by atoms with E-state index < -0.39 is 11.9 Å². The molecule has 80 valence electrons. The first-order valence-corrected chi connectivity index (χ1v) is 4.90. The number of benzene rings is 1. The van der Waals surface area contributed by atoms with Crippen LogP contribution in [0.2, 0.25) is 0 Å². The van der Waals surface area contributed by atoms with Gasteiger partial charge in [-0.3, -0.25) is 4.79 Å². The molecule has 2 rings (SSSR count). The Bertz CT molecular complexity index is 381. The molecule has 1 aromatic rings. The van der Waals surface area contributed by atoms with Crippen molar-refractivity contribution in [2.24, 2.45) is 5.92 Å². The molecule has 0 amide bonds. The highest BCUT2D eigenvalue weighted by Crippen LogP contribution is 2.29. The van der Waals surface area contributed by atoms with Gasteiger partial charge in [0.15, 0.2) is 0 Å². The Morgan fingerprint density at radius 1 is 1.53 bits per heavy atom. The summed E-state index contributed by atoms with van der Waals surface area (Å²) in [5.41, 5.74) is 0.708. The second-order valence-electron chi connectivity index (χ2n) is 3.72. The SMILES string of the molecule is O=C(O)C1CCNC1c1cccc(F)c1. The molecule has 1 aliphatic rings. The molecule has 1 aliphatic heterocycles. The number of aliphatic carboxylic acids is 1. The molecule has 2 N–H and O–H groups in total. The van der Waals surface area contributed by atoms with Crippen LogP contribution in [0, 0.1) is 11.7 Å². The first kappa shape index (κ1) is 10.1. The summed E-state index contributed by atoms with van der Waals surface area (Å²) in [6.07, 6.45) is 0.594. The van der Waals surface area contributed by atoms with Gasteiger partial charge < -0.3 is 10.4 Å². The molecule has 1 aromatic carbocycles. The zero-order valence-corrected chi connectivity index (χ0v) is 8.11. The maximum Gasteiger partial charge on any atom is 0.308 e. The van der Waals surface area contributed by atoms with Crippen molar-refractivity contribution in [2.45, 2.75) is 12.5 Å². The predicted molar refractivity (Wildman–Crippen MR) is 52.9 cm³/mol. The summed E-state index contributed by atoms with van der Waals surface area (Å²) < 4.78 is 13.0. The zero-order valence-electron chi connectivity index (χ0n) is 8.11. The molecule has 0 bridgehead atoms. The van der Waals surface area contributed by atoms with Crippen molar-refractivity contribution >= 4 is 5.97 Å². The van der Waals surface area contributed by atoms with E-state index in [1.165, 1.54) is 12.1 Å². The molecule has 3 nitrogen and oxygen atoms in total. The fraction of sp³-hybridized carbons (Fsp3) is 0.364. The van der Waals surface area contributed by atoms with Gasteiger partial charge in [0.05, 0.1) is 5.92 Å². The van der Waals surface area contributed by atoms with Gasteiger partial charge in [-0.2, -0.15) is 0 Å². The normalized spacial score (nSPS) is 25.4. The van der Waals surface area contributed by atoms with Gasteiger partial charge in [0.1, 0.15) is 5.82 Å². The highest BCUT2D eigenvalue weighted by atomic mass is 19.1. The lowest BCUT2D eigenvalue weighted by molar-refractivity contribution is -0.142. The molecule has 0 aromatic heterocycles. The third kappa shape index (κ3) is 1.99. The van der Waals surface area contributed by atoms with E-state index in [1.54, 1.807) is 12.1 Å². The zero-order chi connectivity index (χ0) is 10.8. The van der Waals surface area contributed by atoms with Crippen LogP contribution in [0.4, 0.5) is 4.39 Å². The minimum atomic E-state index is -0.825. The second kappa shape index (κ2) is 3.98. The van der Waals surface area contributed by atoms with Crippen LogP contribution >= 0.6 is 0 Å². The largest absolute Gasteiger partial charge is 0.481 e. The second-order valence-corrected chi connectivity index (χ2v) is 3.72. The van der Waals surface area contributed by atoms with Crippen LogP contribution in [0.5, 0.6) is 0 Å². The topological polar surface area (TPSA) is 49.3 Å². The molecular weight excluding hydrogens is 197 g/mol. The molecule has 1 fully saturated rings. The summed E-state index contributed by atoms with van der Waals surface area (Å²) in [4.78, 5) is 10.9. The van der Waals surface area contributed by atoms with Gasteiger partial charge >= 0.3 is 5.97 Å². The molecule has 0 aliphatic carbocycles. The summed E-state index contributed by atoms with van der Waals surface area (Å²) in [6, 6.07) is 5.83. The van der Waals surface area contributed by atoms with Gasteiger partial charge in [0, 0.05) is 6.04 Å². The Morgan fingerprint density at radius 3 is 3.00 bits per heavy atom. The molecular formula is C11H12FNO2. The molecule has 2 atom stereocenters. The molecule has 0 radical (unpaired) electrons. The van der Waals surface area contributed by atoms with Gasteiger partial charge in [-0.05, 0) is 30.7 Å². The Labute approximate surface area is 86.9 Å². The van der Waals surface area contributed by atoms with Gasteiger partial charge in [-0.25, -0.2) is 4.39 Å². The monoisotopic (exact) mass is 209 g/mol. The third-order valence-corrected chi connectivity index (χ3v) is 2.75. The average Bonchev–Trinajstić information content (AvgIpc) is 2.65. The van der Waals surface area contributed by atoms with E-state index in [0.29, 0.717) is 18.5 Å². The van der Waals surface area contributed by atoms with Crippen molar-refractivity contribution < 1.29 is 14.3 Å². The molecule has 1 heterocycles. The Kier molecular flexibility index (Phi) is 2.68. The van der Waals surface area contributed by atoms with Crippen LogP contribution < -0.4 is 5.32 Å². The number of carboxylic acids is 1. The standard InChI is InChI=1S/C11H12FNO2/c12-8-3-1-2-7(6-8)10-9(11(14)15)4-5-13-10/h1-3,6,9-10,13H,4-5H2,(H,14,15). The highest BCUT2D eigenvalue weighted by molar-refractivity contribution is 5.71. The first-order chi connectivity index (χ1) is 7.18. The maximum absolute atomic E-state index is 13.0. The van der Waals surface area contributed by atoms with E-state index in [0.717, 1.165) is 0 Å². The van der Waals surface area contributed by atoms with Crippen molar-refractivity contribution in [3.63, 3.8) is 0 Å². The van der Waals surface area contributed by atoms with Gasteiger partial charge in [0.2, 0.25) is 0 Å². The van der Waals surface area contributed by atoms with Crippen molar-refractivity contribution in [2.75, 3.05) is 6.54 Å². The fourth-order valence-corrected chi connectivity index (χ4v) is 2.02. The Hall–Kier alpha value is -1.42. The first-order valence-electron chi connectivity index (χ1n) is 4.90. The van der Waals surface area contributed by atoms with Gasteiger partial charge in [0.25, 0.3) is 0 Å². The lowest BCUT2D eigenvalue weighted by Crippen LogP contribution is -2.23. The Morgan fingerprint density at radius 2 is 2.33 bits per heavy atom. The number of hydrogen-bond acceptors (Lipinski definition) is 2. The van der Waals surface area contributed by atoms with Crippen LogP contribution in [0.3, 0.4) is 0 Å². The van der Waals surface area contributed by atoms with Crippen molar-refractivity contribution in [1.29, 1.82) is 0 Å². The van der Waals surface area contributed by atoms with Gasteiger partial charge in [-0.15, -0.1) is 0 Å². The molecule has 15 heavy (non-hydrogen) atoms. The van der Waals surface area contributed by atoms with E-state index in [4.69, 9.17) is 5.11 Å². The predicted octanol–water partition coefficient (Wildman–Crippen LogP) is 1.56. The summed E-state index contributed by atoms with van der Waals surface area (Å²) in [6.45, 7) is 0.665. The van der Waals surface area contributed by atoms with E-state index in [-0.39, 0.29) is 11.9 Å². The van der Waals surface area contributed by atoms with E-state index >= 15 is 0 Å². The molecule has 4 heteroatoms. The van der Waals surface area contributed by atoms with Crippen LogP contribution in [0.25, 0.3) is 0 Å². The molecule has 0 saturated carbocycles. The fourth-order valence-electron chi connectivity index (χ4n) is 2.02. The van der Waals surface area contributed by atoms with Crippen LogP contribution in [-0.4, -0.2) is 17.6 Å². The number of hydrogen-bond donors (Lipinski definition) is 2. The minimum Gasteiger partial charge on any atom is -0.481 e. The quantitative estimate of drug-likeness (QED) is 0.777. The van der Waals surface area contributed by atoms with Crippen LogP contribution in [0.15, 0.2) is 24.3 Å². The summed E-state index contributed by atoms with van der Waals surface area (Å²) in [5.74, 6) is -1.61. The van der Waals surface area contributed by atoms with E-state index in [2.05, 4.69) is 5.32 Å². The van der Waals surface area contributed by atoms with Crippen molar-refractivity contribution in [3.8, 4) is 0 Å². The smallest absolute Gasteiger partial charge is 0.308 e. The summed E-state index contributed by atoms with van der Waals surface area (Å²) in [5, 5.41) is 12.1. The van der Waals surface area contributed by atoms with Crippen molar-refractivity contribution in [1.82, 2.24) is 5.32 Å². The number of carbonyl (C=O) groups is 1. The third-order valence-electron chi connectivity index (χ3n) is 2.75. The highest BCUT2D eigenvalue weighted by Gasteiger charge is 2.33. The van der Waals surface area contributed by atoms with E-state index in [1.807, 2.05) is 0 Å². The Balaban J connectivity index is 2.26. The number of carboxylic acid groups (broad SMARTS) is 1. The molecule has 2 unspecified atom stereocenters. The molecule has 1 saturated heterocycles. The van der Waals surface area contributed by atoms with Gasteiger partial charge in [-0.1, -0.05) is 12.1 Å². The van der Waals surface area contributed by atoms with Crippen LogP contribution in [0.1, 0.15) is 18.0 Å². The summed E-state index contributed by atoms with van der Waals surface area (Å²) in [7, 11) is 0. The number of nitrogens with one attached hydrogen (secondary N) is 1. The average molecular weight is 209 g/mol. The lowest BCUT2D eigenvalue weighted by Gasteiger charge is -2.16. The number of halogens is 1. The lowest BCUT2D eigenvalue weighted by atomic mass is 9.94. The van der Waals surface area contributed by atoms with E-state index in [9.17, 15) is 9.18 Å².